The number of aliphatic hydroxyl groups is 1. The predicted octanol–water partition coefficient (Wildman–Crippen LogP) is 2.48. The minimum absolute atomic E-state index is 0.110. The number of alkyl halides is 3. The molecule has 134 valence electrons. The monoisotopic (exact) mass is 401 g/mol. The Hall–Kier alpha value is -1.18. The molecule has 1 aliphatic heterocycles. The zero-order valence-electron chi connectivity index (χ0n) is 13.4. The third kappa shape index (κ3) is 4.71. The predicted molar refractivity (Wildman–Crippen MR) is 100 cm³/mol. The van der Waals surface area contributed by atoms with E-state index >= 15 is 0 Å². The smallest absolute Gasteiger partial charge is 0.250 e. The van der Waals surface area contributed by atoms with Crippen molar-refractivity contribution in [3.63, 3.8) is 0 Å². The van der Waals surface area contributed by atoms with E-state index in [1.807, 2.05) is 35.2 Å². The summed E-state index contributed by atoms with van der Waals surface area (Å²) in [6, 6.07) is 9.53. The summed E-state index contributed by atoms with van der Waals surface area (Å²) in [7, 11) is 0. The number of hydrogen-bond acceptors (Lipinski definition) is 6. The Morgan fingerprint density at radius 3 is 2.24 bits per heavy atom. The molecule has 0 atom stereocenters. The van der Waals surface area contributed by atoms with E-state index in [0.29, 0.717) is 18.3 Å². The van der Waals surface area contributed by atoms with Crippen LogP contribution in [0.3, 0.4) is 0 Å². The van der Waals surface area contributed by atoms with E-state index in [1.165, 1.54) is 0 Å². The molecule has 1 aromatic heterocycles. The van der Waals surface area contributed by atoms with Gasteiger partial charge in [0.1, 0.15) is 0 Å². The van der Waals surface area contributed by atoms with Gasteiger partial charge in [-0.2, -0.15) is 9.97 Å². The highest BCUT2D eigenvalue weighted by molar-refractivity contribution is 6.66. The van der Waals surface area contributed by atoms with E-state index in [-0.39, 0.29) is 12.4 Å². The maximum absolute atomic E-state index is 9.06. The van der Waals surface area contributed by atoms with E-state index in [4.69, 9.17) is 39.9 Å². The summed E-state index contributed by atoms with van der Waals surface area (Å²) < 4.78 is -1.72. The molecule has 6 nitrogen and oxygen atoms in total. The molecular weight excluding hydrogens is 385 g/mol. The maximum Gasteiger partial charge on any atom is 0.250 e. The fourth-order valence-electron chi connectivity index (χ4n) is 2.66. The molecule has 0 unspecified atom stereocenters. The quantitative estimate of drug-likeness (QED) is 0.793. The molecular formula is C16H18Cl3N5O. The van der Waals surface area contributed by atoms with Crippen molar-refractivity contribution in [3.05, 3.63) is 36.2 Å². The average Bonchev–Trinajstić information content (AvgIpc) is 2.62. The lowest BCUT2D eigenvalue weighted by Crippen LogP contribution is -2.48. The number of hydrogen-bond donors (Lipinski definition) is 1. The molecule has 1 aliphatic rings. The molecule has 3 rings (SSSR count). The summed E-state index contributed by atoms with van der Waals surface area (Å²) in [5.74, 6) is 1.09. The van der Waals surface area contributed by atoms with Crippen LogP contribution in [0.4, 0.5) is 5.95 Å². The standard InChI is InChI=1S/C16H18Cl3N5O/c17-16(18,19)14-20-13(12-4-2-1-3-5-12)21-15(22-14)24-8-6-23(7-9-24)10-11-25/h1-5,25H,6-11H2. The van der Waals surface area contributed by atoms with Gasteiger partial charge in [-0.05, 0) is 0 Å². The highest BCUT2D eigenvalue weighted by Crippen LogP contribution is 2.37. The van der Waals surface area contributed by atoms with Gasteiger partial charge in [-0.25, -0.2) is 4.98 Å². The molecule has 2 heterocycles. The number of aliphatic hydroxyl groups excluding tert-OH is 1. The molecule has 1 aromatic carbocycles. The first-order valence-electron chi connectivity index (χ1n) is 7.94. The minimum atomic E-state index is -1.72. The highest BCUT2D eigenvalue weighted by atomic mass is 35.6. The Kier molecular flexibility index (Phi) is 5.96. The Bertz CT molecular complexity index is 703. The Morgan fingerprint density at radius 2 is 1.64 bits per heavy atom. The van der Waals surface area contributed by atoms with Gasteiger partial charge in [0.05, 0.1) is 6.61 Å². The van der Waals surface area contributed by atoms with Crippen LogP contribution in [-0.4, -0.2) is 64.3 Å². The third-order valence-electron chi connectivity index (χ3n) is 3.98. The van der Waals surface area contributed by atoms with E-state index in [0.717, 1.165) is 31.7 Å². The largest absolute Gasteiger partial charge is 0.395 e. The molecule has 0 aliphatic carbocycles. The van der Waals surface area contributed by atoms with Crippen molar-refractivity contribution in [2.45, 2.75) is 3.79 Å². The normalized spacial score (nSPS) is 16.2. The number of aromatic nitrogens is 3. The second-order valence-electron chi connectivity index (χ2n) is 5.70. The van der Waals surface area contributed by atoms with Crippen LogP contribution in [0, 0.1) is 0 Å². The van der Waals surface area contributed by atoms with Crippen molar-refractivity contribution >= 4 is 40.8 Å². The van der Waals surface area contributed by atoms with E-state index in [2.05, 4.69) is 19.9 Å². The molecule has 9 heteroatoms. The second kappa shape index (κ2) is 8.01. The van der Waals surface area contributed by atoms with Crippen LogP contribution >= 0.6 is 34.8 Å². The van der Waals surface area contributed by atoms with E-state index < -0.39 is 3.79 Å². The molecule has 0 bridgehead atoms. The van der Waals surface area contributed by atoms with Crippen LogP contribution in [-0.2, 0) is 3.79 Å². The number of benzene rings is 1. The van der Waals surface area contributed by atoms with E-state index in [1.54, 1.807) is 0 Å². The highest BCUT2D eigenvalue weighted by Gasteiger charge is 2.30. The zero-order chi connectivity index (χ0) is 17.9. The van der Waals surface area contributed by atoms with Crippen molar-refractivity contribution in [2.75, 3.05) is 44.2 Å². The number of nitrogens with zero attached hydrogens (tertiary/aromatic N) is 5. The van der Waals surface area contributed by atoms with Gasteiger partial charge in [0.25, 0.3) is 0 Å². The van der Waals surface area contributed by atoms with Gasteiger partial charge in [0.2, 0.25) is 9.74 Å². The Morgan fingerprint density at radius 1 is 0.960 bits per heavy atom. The number of piperazine rings is 1. The Labute approximate surface area is 161 Å². The zero-order valence-corrected chi connectivity index (χ0v) is 15.7. The molecule has 2 aromatic rings. The van der Waals surface area contributed by atoms with Gasteiger partial charge in [0, 0.05) is 38.3 Å². The fraction of sp³-hybridized carbons (Fsp3) is 0.438. The molecule has 1 N–H and O–H groups in total. The summed E-state index contributed by atoms with van der Waals surface area (Å²) in [4.78, 5) is 17.5. The van der Waals surface area contributed by atoms with Gasteiger partial charge in [-0.3, -0.25) is 4.90 Å². The number of rotatable bonds is 4. The van der Waals surface area contributed by atoms with E-state index in [9.17, 15) is 0 Å². The molecule has 0 spiro atoms. The summed E-state index contributed by atoms with van der Waals surface area (Å²) >= 11 is 18.1. The fourth-order valence-corrected chi connectivity index (χ4v) is 2.92. The summed E-state index contributed by atoms with van der Waals surface area (Å²) in [6.45, 7) is 3.92. The lowest BCUT2D eigenvalue weighted by Gasteiger charge is -2.34. The van der Waals surface area contributed by atoms with Crippen LogP contribution in [0.25, 0.3) is 11.4 Å². The first-order valence-corrected chi connectivity index (χ1v) is 9.07. The van der Waals surface area contributed by atoms with Crippen molar-refractivity contribution < 1.29 is 5.11 Å². The van der Waals surface area contributed by atoms with Crippen molar-refractivity contribution in [3.8, 4) is 11.4 Å². The van der Waals surface area contributed by atoms with Crippen LogP contribution in [0.2, 0.25) is 0 Å². The summed E-state index contributed by atoms with van der Waals surface area (Å²) in [6.07, 6.45) is 0. The van der Waals surface area contributed by atoms with Crippen LogP contribution < -0.4 is 4.90 Å². The first-order chi connectivity index (χ1) is 12.0. The summed E-state index contributed by atoms with van der Waals surface area (Å²) in [5.41, 5.74) is 0.834. The second-order valence-corrected chi connectivity index (χ2v) is 7.98. The van der Waals surface area contributed by atoms with Crippen LogP contribution in [0.15, 0.2) is 30.3 Å². The summed E-state index contributed by atoms with van der Waals surface area (Å²) in [5, 5.41) is 9.06. The maximum atomic E-state index is 9.06. The van der Waals surface area contributed by atoms with Crippen molar-refractivity contribution in [1.82, 2.24) is 19.9 Å². The van der Waals surface area contributed by atoms with Crippen molar-refractivity contribution in [1.29, 1.82) is 0 Å². The molecule has 0 saturated carbocycles. The molecule has 0 radical (unpaired) electrons. The Balaban J connectivity index is 1.91. The average molecular weight is 403 g/mol. The molecule has 1 fully saturated rings. The molecule has 0 amide bonds. The lowest BCUT2D eigenvalue weighted by atomic mass is 10.2. The third-order valence-corrected chi connectivity index (χ3v) is 4.49. The SMILES string of the molecule is OCCN1CCN(c2nc(-c3ccccc3)nc(C(Cl)(Cl)Cl)n2)CC1. The van der Waals surface area contributed by atoms with Crippen LogP contribution in [0.1, 0.15) is 5.82 Å². The van der Waals surface area contributed by atoms with Gasteiger partial charge in [-0.1, -0.05) is 65.1 Å². The lowest BCUT2D eigenvalue weighted by molar-refractivity contribution is 0.188. The number of β-amino-alcohol motifs (C(OH)–C–C–N with tert-alkyl or cyclic N) is 1. The first kappa shape index (κ1) is 18.6. The van der Waals surface area contributed by atoms with Crippen LogP contribution in [0.5, 0.6) is 0 Å². The van der Waals surface area contributed by atoms with Gasteiger partial charge in [0.15, 0.2) is 11.6 Å². The van der Waals surface area contributed by atoms with Gasteiger partial charge >= 0.3 is 0 Å². The van der Waals surface area contributed by atoms with Gasteiger partial charge in [-0.15, -0.1) is 0 Å². The number of halogens is 3. The number of anilines is 1. The molecule has 1 saturated heterocycles. The minimum Gasteiger partial charge on any atom is -0.395 e. The topological polar surface area (TPSA) is 65.4 Å². The van der Waals surface area contributed by atoms with Crippen molar-refractivity contribution in [2.24, 2.45) is 0 Å². The van der Waals surface area contributed by atoms with Gasteiger partial charge < -0.3 is 10.0 Å². The molecule has 25 heavy (non-hydrogen) atoms.